The normalized spacial score (nSPS) is 21.6. The number of hydrogen-bond donors (Lipinski definition) is 2. The highest BCUT2D eigenvalue weighted by Crippen LogP contribution is 2.29. The van der Waals surface area contributed by atoms with Crippen molar-refractivity contribution >= 4 is 11.8 Å². The van der Waals surface area contributed by atoms with Gasteiger partial charge in [0.2, 0.25) is 0 Å². The number of hydrogen-bond acceptors (Lipinski definition) is 4. The predicted octanol–water partition coefficient (Wildman–Crippen LogP) is 2.95. The first-order chi connectivity index (χ1) is 8.70. The number of rotatable bonds is 4. The fourth-order valence-corrected chi connectivity index (χ4v) is 3.42. The lowest BCUT2D eigenvalue weighted by Gasteiger charge is -2.27. The summed E-state index contributed by atoms with van der Waals surface area (Å²) in [4.78, 5) is 0. The quantitative estimate of drug-likeness (QED) is 0.880. The summed E-state index contributed by atoms with van der Waals surface area (Å²) in [7, 11) is 1.61. The number of benzene rings is 1. The molecule has 0 bridgehead atoms. The van der Waals surface area contributed by atoms with Crippen LogP contribution in [0.2, 0.25) is 0 Å². The Labute approximate surface area is 113 Å². The maximum atomic E-state index is 10.00. The highest BCUT2D eigenvalue weighted by atomic mass is 32.2. The fraction of sp³-hybridized carbons (Fsp3) is 0.571. The van der Waals surface area contributed by atoms with E-state index in [9.17, 15) is 5.11 Å². The molecule has 0 aromatic heterocycles. The second-order valence-corrected chi connectivity index (χ2v) is 5.88. The molecule has 0 aliphatic carbocycles. The van der Waals surface area contributed by atoms with Gasteiger partial charge in [0.05, 0.1) is 7.11 Å². The van der Waals surface area contributed by atoms with Crippen LogP contribution in [0.4, 0.5) is 0 Å². The van der Waals surface area contributed by atoms with E-state index in [1.807, 2.05) is 23.9 Å². The van der Waals surface area contributed by atoms with Crippen LogP contribution in [0.5, 0.6) is 11.5 Å². The van der Waals surface area contributed by atoms with Gasteiger partial charge >= 0.3 is 0 Å². The van der Waals surface area contributed by atoms with E-state index < -0.39 is 0 Å². The number of aromatic hydroxyl groups is 1. The average molecular weight is 267 g/mol. The summed E-state index contributed by atoms with van der Waals surface area (Å²) in [5.74, 6) is 3.44. The van der Waals surface area contributed by atoms with E-state index in [-0.39, 0.29) is 6.04 Å². The molecular formula is C14H21NO2S. The molecule has 0 spiro atoms. The van der Waals surface area contributed by atoms with E-state index >= 15 is 0 Å². The molecule has 1 saturated heterocycles. The molecule has 1 aromatic rings. The van der Waals surface area contributed by atoms with E-state index in [0.717, 1.165) is 5.56 Å². The van der Waals surface area contributed by atoms with E-state index in [1.54, 1.807) is 13.2 Å². The second-order valence-electron chi connectivity index (χ2n) is 4.73. The number of thioether (sulfide) groups is 1. The van der Waals surface area contributed by atoms with E-state index in [1.165, 1.54) is 24.3 Å². The molecule has 1 fully saturated rings. The Balaban J connectivity index is 2.01. The van der Waals surface area contributed by atoms with Gasteiger partial charge in [-0.3, -0.25) is 0 Å². The Bertz CT molecular complexity index is 391. The molecule has 0 saturated carbocycles. The Morgan fingerprint density at radius 1 is 1.50 bits per heavy atom. The molecule has 1 aliphatic heterocycles. The molecule has 2 N–H and O–H groups in total. The van der Waals surface area contributed by atoms with Crippen LogP contribution in [0.15, 0.2) is 18.2 Å². The first-order valence-corrected chi connectivity index (χ1v) is 7.57. The van der Waals surface area contributed by atoms with Gasteiger partial charge in [-0.05, 0) is 31.6 Å². The van der Waals surface area contributed by atoms with Gasteiger partial charge in [-0.25, -0.2) is 0 Å². The van der Waals surface area contributed by atoms with Crippen molar-refractivity contribution in [3.05, 3.63) is 23.8 Å². The van der Waals surface area contributed by atoms with Crippen molar-refractivity contribution in [1.29, 1.82) is 0 Å². The van der Waals surface area contributed by atoms with Crippen LogP contribution in [0, 0.1) is 0 Å². The van der Waals surface area contributed by atoms with Crippen molar-refractivity contribution in [3.63, 3.8) is 0 Å². The second kappa shape index (κ2) is 6.34. The summed E-state index contributed by atoms with van der Waals surface area (Å²) in [6.45, 7) is 2.10. The van der Waals surface area contributed by atoms with Crippen molar-refractivity contribution in [3.8, 4) is 11.5 Å². The fourth-order valence-electron chi connectivity index (χ4n) is 2.33. The summed E-state index contributed by atoms with van der Waals surface area (Å²) in [6, 6.07) is 6.22. The summed E-state index contributed by atoms with van der Waals surface area (Å²) in [5, 5.41) is 13.6. The van der Waals surface area contributed by atoms with Gasteiger partial charge in [0.25, 0.3) is 0 Å². The largest absolute Gasteiger partial charge is 0.507 e. The van der Waals surface area contributed by atoms with Crippen molar-refractivity contribution in [2.24, 2.45) is 0 Å². The summed E-state index contributed by atoms with van der Waals surface area (Å²) in [6.07, 6.45) is 2.51. The lowest BCUT2D eigenvalue weighted by atomic mass is 10.0. The van der Waals surface area contributed by atoms with Gasteiger partial charge < -0.3 is 15.2 Å². The molecule has 2 atom stereocenters. The van der Waals surface area contributed by atoms with Crippen LogP contribution in [-0.4, -0.2) is 29.8 Å². The zero-order valence-corrected chi connectivity index (χ0v) is 11.8. The third-order valence-electron chi connectivity index (χ3n) is 3.35. The molecule has 2 unspecified atom stereocenters. The van der Waals surface area contributed by atoms with Crippen LogP contribution in [-0.2, 0) is 0 Å². The monoisotopic (exact) mass is 267 g/mol. The molecule has 100 valence electrons. The van der Waals surface area contributed by atoms with Crippen LogP contribution in [0.25, 0.3) is 0 Å². The summed E-state index contributed by atoms with van der Waals surface area (Å²) >= 11 is 2.01. The molecule has 1 heterocycles. The number of methoxy groups -OCH3 is 1. The average Bonchev–Trinajstić information content (AvgIpc) is 2.39. The Morgan fingerprint density at radius 3 is 2.94 bits per heavy atom. The van der Waals surface area contributed by atoms with Crippen LogP contribution >= 0.6 is 11.8 Å². The maximum absolute atomic E-state index is 10.00. The number of nitrogens with one attached hydrogen (secondary N) is 1. The van der Waals surface area contributed by atoms with Gasteiger partial charge in [-0.2, -0.15) is 11.8 Å². The van der Waals surface area contributed by atoms with Crippen molar-refractivity contribution in [2.45, 2.75) is 31.8 Å². The SMILES string of the molecule is COc1ccc(C(C)NC2CCCSC2)c(O)c1. The zero-order valence-electron chi connectivity index (χ0n) is 11.0. The summed E-state index contributed by atoms with van der Waals surface area (Å²) < 4.78 is 5.10. The molecule has 0 radical (unpaired) electrons. The van der Waals surface area contributed by atoms with E-state index in [0.29, 0.717) is 17.5 Å². The van der Waals surface area contributed by atoms with Crippen molar-refractivity contribution in [2.75, 3.05) is 18.6 Å². The van der Waals surface area contributed by atoms with Gasteiger partial charge in [0, 0.05) is 29.5 Å². The standard InChI is InChI=1S/C14H21NO2S/c1-10(15-11-4-3-7-18-9-11)13-6-5-12(17-2)8-14(13)16/h5-6,8,10-11,15-16H,3-4,7,9H2,1-2H3. The molecule has 0 amide bonds. The Hall–Kier alpha value is -0.870. The number of ether oxygens (including phenoxy) is 1. The van der Waals surface area contributed by atoms with Crippen molar-refractivity contribution in [1.82, 2.24) is 5.32 Å². The number of phenolic OH excluding ortho intramolecular Hbond substituents is 1. The van der Waals surface area contributed by atoms with Crippen LogP contribution < -0.4 is 10.1 Å². The van der Waals surface area contributed by atoms with Crippen LogP contribution in [0.3, 0.4) is 0 Å². The first-order valence-electron chi connectivity index (χ1n) is 6.41. The third kappa shape index (κ3) is 3.33. The molecule has 1 aromatic carbocycles. The molecule has 1 aliphatic rings. The van der Waals surface area contributed by atoms with Gasteiger partial charge in [0.1, 0.15) is 11.5 Å². The molecule has 3 nitrogen and oxygen atoms in total. The minimum Gasteiger partial charge on any atom is -0.507 e. The highest BCUT2D eigenvalue weighted by molar-refractivity contribution is 7.99. The Morgan fingerprint density at radius 2 is 2.33 bits per heavy atom. The topological polar surface area (TPSA) is 41.5 Å². The van der Waals surface area contributed by atoms with Gasteiger partial charge in [0.15, 0.2) is 0 Å². The maximum Gasteiger partial charge on any atom is 0.124 e. The smallest absolute Gasteiger partial charge is 0.124 e. The zero-order chi connectivity index (χ0) is 13.0. The molecule has 18 heavy (non-hydrogen) atoms. The molecule has 2 rings (SSSR count). The van der Waals surface area contributed by atoms with E-state index in [2.05, 4.69) is 12.2 Å². The van der Waals surface area contributed by atoms with Crippen LogP contribution in [0.1, 0.15) is 31.4 Å². The predicted molar refractivity (Wildman–Crippen MR) is 76.6 cm³/mol. The first kappa shape index (κ1) is 13.6. The molecule has 4 heteroatoms. The minimum atomic E-state index is 0.166. The lowest BCUT2D eigenvalue weighted by Crippen LogP contribution is -2.35. The lowest BCUT2D eigenvalue weighted by molar-refractivity contribution is 0.399. The van der Waals surface area contributed by atoms with E-state index in [4.69, 9.17) is 4.74 Å². The Kier molecular flexibility index (Phi) is 4.78. The third-order valence-corrected chi connectivity index (χ3v) is 4.57. The highest BCUT2D eigenvalue weighted by Gasteiger charge is 2.18. The summed E-state index contributed by atoms with van der Waals surface area (Å²) in [5.41, 5.74) is 0.936. The van der Waals surface area contributed by atoms with Gasteiger partial charge in [-0.15, -0.1) is 0 Å². The van der Waals surface area contributed by atoms with Crippen molar-refractivity contribution < 1.29 is 9.84 Å². The van der Waals surface area contributed by atoms with Gasteiger partial charge in [-0.1, -0.05) is 6.07 Å². The molecular weight excluding hydrogens is 246 g/mol. The number of phenols is 1. The minimum absolute atomic E-state index is 0.166.